The highest BCUT2D eigenvalue weighted by atomic mass is 32.1. The van der Waals surface area contributed by atoms with Crippen LogP contribution in [0.2, 0.25) is 0 Å². The van der Waals surface area contributed by atoms with Gasteiger partial charge in [0.15, 0.2) is 0 Å². The summed E-state index contributed by atoms with van der Waals surface area (Å²) in [4.78, 5) is 20.7. The SMILES string of the molecule is CCc1cnc(C(C)Nc2ncc(C)c(NC(C)c3ncc(CC)s3)n2)s1. The minimum absolute atomic E-state index is 0.0642. The molecule has 3 aromatic rings. The second-order valence-electron chi connectivity index (χ2n) is 6.49. The summed E-state index contributed by atoms with van der Waals surface area (Å²) in [5, 5.41) is 8.96. The molecule has 0 aliphatic carbocycles. The van der Waals surface area contributed by atoms with Crippen molar-refractivity contribution in [2.24, 2.45) is 0 Å². The molecule has 0 aliphatic rings. The quantitative estimate of drug-likeness (QED) is 0.541. The molecule has 0 spiro atoms. The fourth-order valence-corrected chi connectivity index (χ4v) is 4.27. The molecule has 8 heteroatoms. The molecule has 0 amide bonds. The fourth-order valence-electron chi connectivity index (χ4n) is 2.55. The van der Waals surface area contributed by atoms with Crippen molar-refractivity contribution < 1.29 is 0 Å². The summed E-state index contributed by atoms with van der Waals surface area (Å²) in [6.45, 7) is 10.5. The third-order valence-electron chi connectivity index (χ3n) is 4.25. The molecule has 6 nitrogen and oxygen atoms in total. The van der Waals surface area contributed by atoms with Crippen molar-refractivity contribution in [3.63, 3.8) is 0 Å². The van der Waals surface area contributed by atoms with Gasteiger partial charge in [-0.05, 0) is 33.6 Å². The maximum Gasteiger partial charge on any atom is 0.225 e. The van der Waals surface area contributed by atoms with Crippen molar-refractivity contribution in [3.05, 3.63) is 43.9 Å². The predicted molar refractivity (Wildman–Crippen MR) is 114 cm³/mol. The third-order valence-corrected chi connectivity index (χ3v) is 6.90. The first kappa shape index (κ1) is 19.7. The summed E-state index contributed by atoms with van der Waals surface area (Å²) in [6.07, 6.45) is 7.77. The number of rotatable bonds is 8. The van der Waals surface area contributed by atoms with Crippen LogP contribution in [0.4, 0.5) is 11.8 Å². The van der Waals surface area contributed by atoms with E-state index in [1.807, 2.05) is 25.5 Å². The maximum absolute atomic E-state index is 4.68. The molecule has 0 fully saturated rings. The molecule has 0 aliphatic heterocycles. The Labute approximate surface area is 168 Å². The average Bonchev–Trinajstić information content (AvgIpc) is 3.33. The fraction of sp³-hybridized carbons (Fsp3) is 0.474. The highest BCUT2D eigenvalue weighted by molar-refractivity contribution is 7.12. The summed E-state index contributed by atoms with van der Waals surface area (Å²) in [7, 11) is 0. The first-order chi connectivity index (χ1) is 13.0. The Hall–Kier alpha value is -2.06. The molecule has 144 valence electrons. The standard InChI is InChI=1S/C19H26N6S2/c1-6-14-9-20-17(26-14)12(4)23-16-11(3)8-22-19(25-16)24-13(5)18-21-10-15(7-2)27-18/h8-10,12-13H,6-7H2,1-5H3,(H2,22,23,24,25). The number of aromatic nitrogens is 4. The van der Waals surface area contributed by atoms with Crippen molar-refractivity contribution >= 4 is 34.4 Å². The third kappa shape index (κ3) is 4.81. The zero-order valence-electron chi connectivity index (χ0n) is 16.4. The first-order valence-electron chi connectivity index (χ1n) is 9.26. The van der Waals surface area contributed by atoms with Gasteiger partial charge in [0.1, 0.15) is 15.8 Å². The second-order valence-corrected chi connectivity index (χ2v) is 8.79. The minimum Gasteiger partial charge on any atom is -0.361 e. The van der Waals surface area contributed by atoms with E-state index in [2.05, 4.69) is 58.3 Å². The second kappa shape index (κ2) is 8.75. The molecule has 3 heterocycles. The van der Waals surface area contributed by atoms with Crippen LogP contribution in [0.5, 0.6) is 0 Å². The number of aryl methyl sites for hydroxylation is 3. The summed E-state index contributed by atoms with van der Waals surface area (Å²) in [5.74, 6) is 1.43. The molecule has 0 saturated carbocycles. The molecule has 0 bridgehead atoms. The summed E-state index contributed by atoms with van der Waals surface area (Å²) >= 11 is 3.47. The normalized spacial score (nSPS) is 13.4. The highest BCUT2D eigenvalue weighted by Crippen LogP contribution is 2.26. The van der Waals surface area contributed by atoms with Gasteiger partial charge < -0.3 is 10.6 Å². The lowest BCUT2D eigenvalue weighted by atomic mass is 10.3. The van der Waals surface area contributed by atoms with Gasteiger partial charge in [0.05, 0.1) is 12.1 Å². The number of hydrogen-bond donors (Lipinski definition) is 2. The molecule has 3 rings (SSSR count). The summed E-state index contributed by atoms with van der Waals surface area (Å²) < 4.78 is 0. The van der Waals surface area contributed by atoms with Gasteiger partial charge in [-0.25, -0.2) is 15.0 Å². The molecular formula is C19H26N6S2. The van der Waals surface area contributed by atoms with E-state index in [4.69, 9.17) is 0 Å². The van der Waals surface area contributed by atoms with Gasteiger partial charge in [0.2, 0.25) is 5.95 Å². The molecule has 0 radical (unpaired) electrons. The van der Waals surface area contributed by atoms with Gasteiger partial charge in [-0.2, -0.15) is 4.98 Å². The van der Waals surface area contributed by atoms with Crippen LogP contribution in [-0.2, 0) is 12.8 Å². The van der Waals surface area contributed by atoms with Crippen molar-refractivity contribution in [2.75, 3.05) is 10.6 Å². The Morgan fingerprint density at radius 3 is 1.93 bits per heavy atom. The lowest BCUT2D eigenvalue weighted by Crippen LogP contribution is -2.13. The van der Waals surface area contributed by atoms with E-state index in [-0.39, 0.29) is 12.1 Å². The zero-order chi connectivity index (χ0) is 19.4. The van der Waals surface area contributed by atoms with Crippen LogP contribution in [-0.4, -0.2) is 19.9 Å². The maximum atomic E-state index is 4.68. The molecule has 27 heavy (non-hydrogen) atoms. The van der Waals surface area contributed by atoms with Gasteiger partial charge in [0, 0.05) is 33.9 Å². The topological polar surface area (TPSA) is 75.6 Å². The number of thiazole rings is 2. The van der Waals surface area contributed by atoms with Gasteiger partial charge in [0.25, 0.3) is 0 Å². The van der Waals surface area contributed by atoms with Crippen molar-refractivity contribution in [3.8, 4) is 0 Å². The van der Waals surface area contributed by atoms with E-state index in [0.717, 1.165) is 34.2 Å². The highest BCUT2D eigenvalue weighted by Gasteiger charge is 2.15. The Balaban J connectivity index is 1.71. The van der Waals surface area contributed by atoms with E-state index in [9.17, 15) is 0 Å². The Kier molecular flexibility index (Phi) is 6.38. The Morgan fingerprint density at radius 1 is 0.852 bits per heavy atom. The molecule has 2 atom stereocenters. The van der Waals surface area contributed by atoms with Gasteiger partial charge in [-0.15, -0.1) is 22.7 Å². The van der Waals surface area contributed by atoms with E-state index >= 15 is 0 Å². The monoisotopic (exact) mass is 402 g/mol. The van der Waals surface area contributed by atoms with Crippen LogP contribution in [0.3, 0.4) is 0 Å². The predicted octanol–water partition coefficient (Wildman–Crippen LogP) is 5.17. The van der Waals surface area contributed by atoms with Crippen molar-refractivity contribution in [1.29, 1.82) is 0 Å². The van der Waals surface area contributed by atoms with Gasteiger partial charge >= 0.3 is 0 Å². The van der Waals surface area contributed by atoms with Crippen molar-refractivity contribution in [2.45, 2.75) is 59.5 Å². The van der Waals surface area contributed by atoms with E-state index < -0.39 is 0 Å². The lowest BCUT2D eigenvalue weighted by molar-refractivity contribution is 0.833. The average molecular weight is 403 g/mol. The molecule has 2 unspecified atom stereocenters. The van der Waals surface area contributed by atoms with Crippen LogP contribution < -0.4 is 10.6 Å². The van der Waals surface area contributed by atoms with Crippen LogP contribution in [0.15, 0.2) is 18.6 Å². The Bertz CT molecular complexity index is 888. The zero-order valence-corrected chi connectivity index (χ0v) is 18.0. The van der Waals surface area contributed by atoms with Crippen LogP contribution >= 0.6 is 22.7 Å². The molecule has 3 aromatic heterocycles. The van der Waals surface area contributed by atoms with Gasteiger partial charge in [-0.3, -0.25) is 0 Å². The van der Waals surface area contributed by atoms with E-state index in [0.29, 0.717) is 5.95 Å². The van der Waals surface area contributed by atoms with Crippen LogP contribution in [0.1, 0.15) is 65.1 Å². The smallest absolute Gasteiger partial charge is 0.225 e. The summed E-state index contributed by atoms with van der Waals surface area (Å²) in [5.41, 5.74) is 1.01. The van der Waals surface area contributed by atoms with Crippen LogP contribution in [0.25, 0.3) is 0 Å². The molecule has 0 saturated heterocycles. The molecule has 2 N–H and O–H groups in total. The first-order valence-corrected chi connectivity index (χ1v) is 10.9. The van der Waals surface area contributed by atoms with Crippen LogP contribution in [0, 0.1) is 6.92 Å². The number of nitrogens with one attached hydrogen (secondary N) is 2. The summed E-state index contributed by atoms with van der Waals surface area (Å²) in [6, 6.07) is 0.162. The Morgan fingerprint density at radius 2 is 1.41 bits per heavy atom. The number of hydrogen-bond acceptors (Lipinski definition) is 8. The number of anilines is 2. The largest absolute Gasteiger partial charge is 0.361 e. The molecule has 0 aromatic carbocycles. The lowest BCUT2D eigenvalue weighted by Gasteiger charge is -2.16. The molecular weight excluding hydrogens is 376 g/mol. The van der Waals surface area contributed by atoms with Crippen molar-refractivity contribution in [1.82, 2.24) is 19.9 Å². The van der Waals surface area contributed by atoms with E-state index in [1.165, 1.54) is 9.75 Å². The van der Waals surface area contributed by atoms with E-state index in [1.54, 1.807) is 22.7 Å². The number of nitrogens with zero attached hydrogens (tertiary/aromatic N) is 4. The minimum atomic E-state index is 0.0642. The van der Waals surface area contributed by atoms with Gasteiger partial charge in [-0.1, -0.05) is 13.8 Å².